The molecule has 0 aliphatic heterocycles. The van der Waals surface area contributed by atoms with Crippen molar-refractivity contribution in [2.45, 2.75) is 13.3 Å². The number of ether oxygens (including phenoxy) is 1. The third-order valence-electron chi connectivity index (χ3n) is 1.73. The van der Waals surface area contributed by atoms with Crippen LogP contribution in [0.3, 0.4) is 0 Å². The Balaban J connectivity index is 2.18. The minimum absolute atomic E-state index is 0.459. The number of pyridine rings is 1. The van der Waals surface area contributed by atoms with Crippen LogP contribution in [0.2, 0.25) is 0 Å². The number of nitrogens with zero attached hydrogens (tertiary/aromatic N) is 1. The molecule has 0 aliphatic rings. The molecule has 14 heavy (non-hydrogen) atoms. The molecule has 0 saturated carbocycles. The van der Waals surface area contributed by atoms with E-state index in [4.69, 9.17) is 4.74 Å². The maximum atomic E-state index is 12.6. The van der Waals surface area contributed by atoms with Gasteiger partial charge in [-0.05, 0) is 19.4 Å². The molecule has 0 saturated heterocycles. The van der Waals surface area contributed by atoms with Crippen molar-refractivity contribution in [2.75, 3.05) is 25.1 Å². The van der Waals surface area contributed by atoms with Crippen molar-refractivity contribution < 1.29 is 9.13 Å². The van der Waals surface area contributed by atoms with E-state index in [9.17, 15) is 4.39 Å². The summed E-state index contributed by atoms with van der Waals surface area (Å²) in [7, 11) is 0. The lowest BCUT2D eigenvalue weighted by Gasteiger charge is -2.05. The van der Waals surface area contributed by atoms with Gasteiger partial charge in [-0.3, -0.25) is 0 Å². The molecule has 4 heteroatoms. The standard InChI is InChI=1S/C10H15FN2O/c1-2-14-7-3-5-12-9-4-6-13-10(11)8-9/h4,6,8H,2-3,5,7H2,1H3,(H,12,13). The van der Waals surface area contributed by atoms with Gasteiger partial charge < -0.3 is 10.1 Å². The van der Waals surface area contributed by atoms with Crippen LogP contribution < -0.4 is 5.32 Å². The maximum absolute atomic E-state index is 12.6. The first kappa shape index (κ1) is 10.9. The van der Waals surface area contributed by atoms with Gasteiger partial charge in [-0.2, -0.15) is 4.39 Å². The van der Waals surface area contributed by atoms with E-state index in [1.807, 2.05) is 6.92 Å². The van der Waals surface area contributed by atoms with Gasteiger partial charge in [-0.25, -0.2) is 4.98 Å². The maximum Gasteiger partial charge on any atom is 0.214 e. The molecule has 0 atom stereocenters. The van der Waals surface area contributed by atoms with Crippen LogP contribution in [0.1, 0.15) is 13.3 Å². The Hall–Kier alpha value is -1.16. The summed E-state index contributed by atoms with van der Waals surface area (Å²) in [4.78, 5) is 3.47. The number of aromatic nitrogens is 1. The molecule has 1 aromatic heterocycles. The van der Waals surface area contributed by atoms with Crippen molar-refractivity contribution in [3.05, 3.63) is 24.3 Å². The lowest BCUT2D eigenvalue weighted by Crippen LogP contribution is -2.05. The Bertz CT molecular complexity index is 268. The van der Waals surface area contributed by atoms with Crippen molar-refractivity contribution in [3.63, 3.8) is 0 Å². The highest BCUT2D eigenvalue weighted by molar-refractivity contribution is 5.40. The Morgan fingerprint density at radius 1 is 1.57 bits per heavy atom. The minimum Gasteiger partial charge on any atom is -0.385 e. The zero-order valence-electron chi connectivity index (χ0n) is 8.29. The molecule has 0 aromatic carbocycles. The third kappa shape index (κ3) is 4.18. The summed E-state index contributed by atoms with van der Waals surface area (Å²) < 4.78 is 17.8. The number of nitrogens with one attached hydrogen (secondary N) is 1. The van der Waals surface area contributed by atoms with Gasteiger partial charge in [0.05, 0.1) is 0 Å². The monoisotopic (exact) mass is 198 g/mol. The highest BCUT2D eigenvalue weighted by Gasteiger charge is 1.94. The Morgan fingerprint density at radius 3 is 3.14 bits per heavy atom. The summed E-state index contributed by atoms with van der Waals surface area (Å²) in [5, 5.41) is 3.08. The van der Waals surface area contributed by atoms with Crippen LogP contribution in [-0.2, 0) is 4.74 Å². The quantitative estimate of drug-likeness (QED) is 0.561. The van der Waals surface area contributed by atoms with E-state index >= 15 is 0 Å². The first-order chi connectivity index (χ1) is 6.83. The van der Waals surface area contributed by atoms with E-state index < -0.39 is 5.95 Å². The number of hydrogen-bond donors (Lipinski definition) is 1. The van der Waals surface area contributed by atoms with Gasteiger partial charge in [-0.15, -0.1) is 0 Å². The minimum atomic E-state index is -0.459. The number of rotatable bonds is 6. The van der Waals surface area contributed by atoms with Crippen LogP contribution in [0, 0.1) is 5.95 Å². The van der Waals surface area contributed by atoms with Gasteiger partial charge in [0.25, 0.3) is 0 Å². The van der Waals surface area contributed by atoms with Crippen LogP contribution in [0.25, 0.3) is 0 Å². The molecular weight excluding hydrogens is 183 g/mol. The smallest absolute Gasteiger partial charge is 0.214 e. The van der Waals surface area contributed by atoms with Crippen LogP contribution in [0.15, 0.2) is 18.3 Å². The Kier molecular flexibility index (Phi) is 4.93. The normalized spacial score (nSPS) is 10.1. The fourth-order valence-electron chi connectivity index (χ4n) is 1.06. The summed E-state index contributed by atoms with van der Waals surface area (Å²) in [6.45, 7) is 4.22. The second-order valence-electron chi connectivity index (χ2n) is 2.84. The molecule has 0 amide bonds. The summed E-state index contributed by atoms with van der Waals surface area (Å²) in [5.41, 5.74) is 0.758. The number of halogens is 1. The predicted octanol–water partition coefficient (Wildman–Crippen LogP) is 2.06. The molecule has 0 fully saturated rings. The SMILES string of the molecule is CCOCCCNc1ccnc(F)c1. The van der Waals surface area contributed by atoms with Crippen LogP contribution in [0.4, 0.5) is 10.1 Å². The van der Waals surface area contributed by atoms with Gasteiger partial charge in [0.1, 0.15) is 0 Å². The summed E-state index contributed by atoms with van der Waals surface area (Å²) in [6.07, 6.45) is 2.36. The van der Waals surface area contributed by atoms with E-state index in [0.717, 1.165) is 31.9 Å². The van der Waals surface area contributed by atoms with Crippen molar-refractivity contribution in [3.8, 4) is 0 Å². The highest BCUT2D eigenvalue weighted by atomic mass is 19.1. The molecule has 0 unspecified atom stereocenters. The van der Waals surface area contributed by atoms with Gasteiger partial charge in [0.15, 0.2) is 0 Å². The molecule has 1 N–H and O–H groups in total. The summed E-state index contributed by atoms with van der Waals surface area (Å²) in [6, 6.07) is 3.12. The first-order valence-corrected chi connectivity index (χ1v) is 4.76. The van der Waals surface area contributed by atoms with Gasteiger partial charge in [0, 0.05) is 37.7 Å². The third-order valence-corrected chi connectivity index (χ3v) is 1.73. The zero-order valence-corrected chi connectivity index (χ0v) is 8.29. The zero-order chi connectivity index (χ0) is 10.2. The highest BCUT2D eigenvalue weighted by Crippen LogP contribution is 2.06. The average Bonchev–Trinajstić information content (AvgIpc) is 2.18. The molecule has 3 nitrogen and oxygen atoms in total. The predicted molar refractivity (Wildman–Crippen MR) is 53.8 cm³/mol. The number of hydrogen-bond acceptors (Lipinski definition) is 3. The summed E-state index contributed by atoms with van der Waals surface area (Å²) >= 11 is 0. The molecule has 0 spiro atoms. The lowest BCUT2D eigenvalue weighted by molar-refractivity contribution is 0.147. The first-order valence-electron chi connectivity index (χ1n) is 4.76. The van der Waals surface area contributed by atoms with Crippen LogP contribution in [0.5, 0.6) is 0 Å². The molecular formula is C10H15FN2O. The molecule has 1 rings (SSSR count). The van der Waals surface area contributed by atoms with Crippen LogP contribution >= 0.6 is 0 Å². The molecule has 1 aromatic rings. The molecule has 0 bridgehead atoms. The molecule has 0 aliphatic carbocycles. The van der Waals surface area contributed by atoms with Crippen molar-refractivity contribution >= 4 is 5.69 Å². The average molecular weight is 198 g/mol. The molecule has 1 heterocycles. The molecule has 78 valence electrons. The van der Waals surface area contributed by atoms with Gasteiger partial charge in [0.2, 0.25) is 5.95 Å². The van der Waals surface area contributed by atoms with Gasteiger partial charge in [-0.1, -0.05) is 0 Å². The summed E-state index contributed by atoms with van der Waals surface area (Å²) in [5.74, 6) is -0.459. The Morgan fingerprint density at radius 2 is 2.43 bits per heavy atom. The van der Waals surface area contributed by atoms with Crippen LogP contribution in [-0.4, -0.2) is 24.7 Å². The van der Waals surface area contributed by atoms with Crippen molar-refractivity contribution in [1.29, 1.82) is 0 Å². The van der Waals surface area contributed by atoms with E-state index in [1.54, 1.807) is 6.07 Å². The largest absolute Gasteiger partial charge is 0.385 e. The van der Waals surface area contributed by atoms with E-state index in [2.05, 4.69) is 10.3 Å². The molecule has 0 radical (unpaired) electrons. The topological polar surface area (TPSA) is 34.1 Å². The van der Waals surface area contributed by atoms with E-state index in [1.165, 1.54) is 12.3 Å². The Labute approximate surface area is 83.3 Å². The van der Waals surface area contributed by atoms with E-state index in [0.29, 0.717) is 0 Å². The van der Waals surface area contributed by atoms with Gasteiger partial charge >= 0.3 is 0 Å². The van der Waals surface area contributed by atoms with E-state index in [-0.39, 0.29) is 0 Å². The lowest BCUT2D eigenvalue weighted by atomic mass is 10.3. The fraction of sp³-hybridized carbons (Fsp3) is 0.500. The number of anilines is 1. The van der Waals surface area contributed by atoms with Crippen molar-refractivity contribution in [1.82, 2.24) is 4.98 Å². The second-order valence-corrected chi connectivity index (χ2v) is 2.84. The van der Waals surface area contributed by atoms with Crippen molar-refractivity contribution in [2.24, 2.45) is 0 Å². The fourth-order valence-corrected chi connectivity index (χ4v) is 1.06. The second kappa shape index (κ2) is 6.32.